The van der Waals surface area contributed by atoms with Gasteiger partial charge in [0.25, 0.3) is 0 Å². The Morgan fingerprint density at radius 3 is 2.32 bits per heavy atom. The molecule has 1 aliphatic heterocycles. The molecule has 1 saturated heterocycles. The summed E-state index contributed by atoms with van der Waals surface area (Å²) in [5.41, 5.74) is -0.104. The van der Waals surface area contributed by atoms with Crippen LogP contribution in [0.5, 0.6) is 5.88 Å². The second-order valence-corrected chi connectivity index (χ2v) is 7.64. The monoisotopic (exact) mass is 372 g/mol. The largest absolute Gasteiger partial charge is 0.472 e. The van der Waals surface area contributed by atoms with Gasteiger partial charge in [-0.3, -0.25) is 0 Å². The SMILES string of the molecule is Cc1cccc(OC2CN(S(=O)(=O)c3ccc(C(F)(F)F)cc3)C2)n1. The lowest BCUT2D eigenvalue weighted by Crippen LogP contribution is -2.56. The lowest BCUT2D eigenvalue weighted by Gasteiger charge is -2.37. The zero-order valence-electron chi connectivity index (χ0n) is 13.2. The van der Waals surface area contributed by atoms with E-state index in [4.69, 9.17) is 4.74 Å². The first-order valence-corrected chi connectivity index (χ1v) is 8.88. The molecule has 1 aliphatic rings. The van der Waals surface area contributed by atoms with Gasteiger partial charge in [0.05, 0.1) is 23.5 Å². The quantitative estimate of drug-likeness (QED) is 0.828. The maximum atomic E-state index is 12.6. The van der Waals surface area contributed by atoms with Crippen LogP contribution in [0.15, 0.2) is 47.4 Å². The molecule has 1 aromatic carbocycles. The fraction of sp³-hybridized carbons (Fsp3) is 0.312. The van der Waals surface area contributed by atoms with Gasteiger partial charge in [0.15, 0.2) is 0 Å². The van der Waals surface area contributed by atoms with Crippen LogP contribution in [-0.2, 0) is 16.2 Å². The van der Waals surface area contributed by atoms with E-state index in [0.29, 0.717) is 5.88 Å². The van der Waals surface area contributed by atoms with E-state index in [9.17, 15) is 21.6 Å². The number of halogens is 3. The highest BCUT2D eigenvalue weighted by molar-refractivity contribution is 7.89. The highest BCUT2D eigenvalue weighted by Crippen LogP contribution is 2.31. The number of hydrogen-bond donors (Lipinski definition) is 0. The van der Waals surface area contributed by atoms with Crippen LogP contribution in [0.4, 0.5) is 13.2 Å². The van der Waals surface area contributed by atoms with Crippen molar-refractivity contribution >= 4 is 10.0 Å². The maximum Gasteiger partial charge on any atom is 0.416 e. The van der Waals surface area contributed by atoms with Crippen molar-refractivity contribution < 1.29 is 26.3 Å². The van der Waals surface area contributed by atoms with E-state index in [0.717, 1.165) is 34.3 Å². The van der Waals surface area contributed by atoms with Crippen molar-refractivity contribution in [1.82, 2.24) is 9.29 Å². The van der Waals surface area contributed by atoms with Crippen molar-refractivity contribution in [2.45, 2.75) is 24.1 Å². The third-order valence-corrected chi connectivity index (χ3v) is 5.63. The third-order valence-electron chi connectivity index (χ3n) is 3.78. The number of hydrogen-bond acceptors (Lipinski definition) is 4. The minimum absolute atomic E-state index is 0.124. The average molecular weight is 372 g/mol. The minimum Gasteiger partial charge on any atom is -0.472 e. The van der Waals surface area contributed by atoms with Crippen molar-refractivity contribution in [3.8, 4) is 5.88 Å². The van der Waals surface area contributed by atoms with Crippen molar-refractivity contribution in [1.29, 1.82) is 0 Å². The topological polar surface area (TPSA) is 59.5 Å². The van der Waals surface area contributed by atoms with E-state index in [-0.39, 0.29) is 24.1 Å². The van der Waals surface area contributed by atoms with Gasteiger partial charge < -0.3 is 4.74 Å². The van der Waals surface area contributed by atoms with Gasteiger partial charge in [-0.15, -0.1) is 0 Å². The number of nitrogens with zero attached hydrogens (tertiary/aromatic N) is 2. The van der Waals surface area contributed by atoms with E-state index in [1.165, 1.54) is 0 Å². The number of alkyl halides is 3. The molecule has 0 radical (unpaired) electrons. The summed E-state index contributed by atoms with van der Waals surface area (Å²) in [5.74, 6) is 0.413. The maximum absolute atomic E-state index is 12.6. The van der Waals surface area contributed by atoms with E-state index in [1.807, 2.05) is 13.0 Å². The second-order valence-electron chi connectivity index (χ2n) is 5.70. The first-order valence-electron chi connectivity index (χ1n) is 7.44. The van der Waals surface area contributed by atoms with Gasteiger partial charge in [-0.05, 0) is 37.3 Å². The van der Waals surface area contributed by atoms with Gasteiger partial charge in [0, 0.05) is 11.8 Å². The van der Waals surface area contributed by atoms with Crippen LogP contribution in [0.1, 0.15) is 11.3 Å². The Morgan fingerprint density at radius 1 is 1.12 bits per heavy atom. The van der Waals surface area contributed by atoms with Gasteiger partial charge in [-0.25, -0.2) is 13.4 Å². The first kappa shape index (κ1) is 17.7. The third kappa shape index (κ3) is 3.77. The van der Waals surface area contributed by atoms with Gasteiger partial charge in [-0.2, -0.15) is 17.5 Å². The molecule has 0 amide bonds. The van der Waals surface area contributed by atoms with Crippen LogP contribution in [0, 0.1) is 6.92 Å². The zero-order valence-corrected chi connectivity index (χ0v) is 14.0. The van der Waals surface area contributed by atoms with E-state index < -0.39 is 21.8 Å². The summed E-state index contributed by atoms with van der Waals surface area (Å²) in [6.07, 6.45) is -4.84. The number of ether oxygens (including phenoxy) is 1. The molecule has 0 aliphatic carbocycles. The Hall–Kier alpha value is -2.13. The molecule has 9 heteroatoms. The predicted molar refractivity (Wildman–Crippen MR) is 83.6 cm³/mol. The van der Waals surface area contributed by atoms with Crippen LogP contribution in [-0.4, -0.2) is 36.9 Å². The Kier molecular flexibility index (Phi) is 4.46. The Bertz CT molecular complexity index is 861. The summed E-state index contributed by atoms with van der Waals surface area (Å²) in [6.45, 7) is 2.06. The normalized spacial score (nSPS) is 16.5. The molecule has 1 aromatic heterocycles. The molecule has 0 unspecified atom stereocenters. The number of rotatable bonds is 4. The predicted octanol–water partition coefficient (Wildman–Crippen LogP) is 2.86. The Morgan fingerprint density at radius 2 is 1.76 bits per heavy atom. The summed E-state index contributed by atoms with van der Waals surface area (Å²) in [5, 5.41) is 0. The lowest BCUT2D eigenvalue weighted by molar-refractivity contribution is -0.137. The average Bonchev–Trinajstić information content (AvgIpc) is 2.49. The zero-order chi connectivity index (χ0) is 18.2. The Labute approximate surface area is 143 Å². The molecule has 134 valence electrons. The number of aromatic nitrogens is 1. The summed E-state index contributed by atoms with van der Waals surface area (Å²) in [4.78, 5) is 4.00. The van der Waals surface area contributed by atoms with E-state index in [1.54, 1.807) is 12.1 Å². The molecule has 2 aromatic rings. The van der Waals surface area contributed by atoms with Crippen molar-refractivity contribution in [3.63, 3.8) is 0 Å². The van der Waals surface area contributed by atoms with Crippen LogP contribution in [0.3, 0.4) is 0 Å². The van der Waals surface area contributed by atoms with Crippen LogP contribution >= 0.6 is 0 Å². The van der Waals surface area contributed by atoms with Gasteiger partial charge in [-0.1, -0.05) is 6.07 Å². The van der Waals surface area contributed by atoms with Crippen molar-refractivity contribution in [2.24, 2.45) is 0 Å². The first-order chi connectivity index (χ1) is 11.7. The molecule has 25 heavy (non-hydrogen) atoms. The highest BCUT2D eigenvalue weighted by Gasteiger charge is 2.39. The molecule has 0 bridgehead atoms. The van der Waals surface area contributed by atoms with Gasteiger partial charge in [0.2, 0.25) is 15.9 Å². The van der Waals surface area contributed by atoms with Gasteiger partial charge in [0.1, 0.15) is 6.10 Å². The molecule has 0 spiro atoms. The molecule has 5 nitrogen and oxygen atoms in total. The van der Waals surface area contributed by atoms with Crippen molar-refractivity contribution in [2.75, 3.05) is 13.1 Å². The van der Waals surface area contributed by atoms with Crippen molar-refractivity contribution in [3.05, 3.63) is 53.7 Å². The molecule has 0 saturated carbocycles. The van der Waals surface area contributed by atoms with E-state index >= 15 is 0 Å². The number of sulfonamides is 1. The summed E-state index contributed by atoms with van der Waals surface area (Å²) >= 11 is 0. The van der Waals surface area contributed by atoms with Crippen LogP contribution in [0.2, 0.25) is 0 Å². The van der Waals surface area contributed by atoms with Crippen LogP contribution in [0.25, 0.3) is 0 Å². The van der Waals surface area contributed by atoms with E-state index in [2.05, 4.69) is 4.98 Å². The molecular weight excluding hydrogens is 357 g/mol. The lowest BCUT2D eigenvalue weighted by atomic mass is 10.2. The van der Waals surface area contributed by atoms with Crippen LogP contribution < -0.4 is 4.74 Å². The molecule has 2 heterocycles. The standard InChI is InChI=1S/C16H15F3N2O3S/c1-11-3-2-4-15(20-11)24-13-9-21(10-13)25(22,23)14-7-5-12(6-8-14)16(17,18)19/h2-8,13H,9-10H2,1H3. The Balaban J connectivity index is 1.65. The number of benzene rings is 1. The fourth-order valence-electron chi connectivity index (χ4n) is 2.39. The highest BCUT2D eigenvalue weighted by atomic mass is 32.2. The smallest absolute Gasteiger partial charge is 0.416 e. The molecular formula is C16H15F3N2O3S. The van der Waals surface area contributed by atoms with Gasteiger partial charge >= 0.3 is 6.18 Å². The summed E-state index contributed by atoms with van der Waals surface area (Å²) in [7, 11) is -3.83. The number of aryl methyl sites for hydroxylation is 1. The minimum atomic E-state index is -4.50. The fourth-order valence-corrected chi connectivity index (χ4v) is 3.89. The molecule has 1 fully saturated rings. The second kappa shape index (κ2) is 6.30. The molecule has 0 N–H and O–H groups in total. The summed E-state index contributed by atoms with van der Waals surface area (Å²) in [6, 6.07) is 8.74. The number of pyridine rings is 1. The summed E-state index contributed by atoms with van der Waals surface area (Å²) < 4.78 is 69.2. The molecule has 3 rings (SSSR count). The molecule has 0 atom stereocenters.